The van der Waals surface area contributed by atoms with Crippen LogP contribution in [0.5, 0.6) is 0 Å². The van der Waals surface area contributed by atoms with Crippen LogP contribution in [-0.4, -0.2) is 27.3 Å². The van der Waals surface area contributed by atoms with Crippen molar-refractivity contribution < 1.29 is 4.79 Å². The molecule has 0 radical (unpaired) electrons. The van der Waals surface area contributed by atoms with Gasteiger partial charge in [-0.15, -0.1) is 0 Å². The molecule has 1 aliphatic heterocycles. The summed E-state index contributed by atoms with van der Waals surface area (Å²) in [5, 5.41) is 0. The second-order valence-corrected chi connectivity index (χ2v) is 8.42. The second-order valence-electron chi connectivity index (χ2n) is 8.42. The number of aromatic nitrogens is 2. The van der Waals surface area contributed by atoms with E-state index in [9.17, 15) is 4.79 Å². The van der Waals surface area contributed by atoms with Gasteiger partial charge in [0, 0.05) is 18.7 Å². The minimum atomic E-state index is 0.121. The Bertz CT molecular complexity index is 1250. The summed E-state index contributed by atoms with van der Waals surface area (Å²) < 4.78 is 0. The number of fused-ring (bicyclic) bond motifs is 2. The number of rotatable bonds is 3. The third-order valence-corrected chi connectivity index (χ3v) is 6.27. The summed E-state index contributed by atoms with van der Waals surface area (Å²) >= 11 is 0. The molecule has 0 unspecified atom stereocenters. The Kier molecular flexibility index (Phi) is 5.06. The first-order valence-corrected chi connectivity index (χ1v) is 11.1. The molecule has 4 aromatic rings. The molecule has 5 rings (SSSR count). The van der Waals surface area contributed by atoms with Crippen molar-refractivity contribution in [1.82, 2.24) is 14.9 Å². The molecule has 4 heteroatoms. The molecule has 1 aromatic heterocycles. The number of carbonyl (C=O) groups is 1. The summed E-state index contributed by atoms with van der Waals surface area (Å²) in [6.45, 7) is 5.55. The standard InChI is InChI=1S/C27H27N3O/c1-3-19-6-8-21(9-7-19)27(31)30-14-4-5-20-10-11-22(15-24(20)17-30)23-12-13-25-26(16-23)29-18(2)28-25/h6-13,15-16H,3-5,14,17H2,1-2H3,(H,28,29). The van der Waals surface area contributed by atoms with E-state index in [4.69, 9.17) is 0 Å². The number of carbonyl (C=O) groups excluding carboxylic acids is 1. The van der Waals surface area contributed by atoms with Gasteiger partial charge in [0.2, 0.25) is 0 Å². The maximum atomic E-state index is 13.2. The van der Waals surface area contributed by atoms with Crippen molar-refractivity contribution in [3.05, 3.63) is 88.7 Å². The fourth-order valence-corrected chi connectivity index (χ4v) is 4.50. The summed E-state index contributed by atoms with van der Waals surface area (Å²) in [6, 6.07) is 21.1. The lowest BCUT2D eigenvalue weighted by molar-refractivity contribution is 0.0746. The lowest BCUT2D eigenvalue weighted by Crippen LogP contribution is -2.30. The average molecular weight is 410 g/mol. The van der Waals surface area contributed by atoms with E-state index in [1.165, 1.54) is 22.3 Å². The Morgan fingerprint density at radius 1 is 1.00 bits per heavy atom. The van der Waals surface area contributed by atoms with Crippen molar-refractivity contribution in [3.63, 3.8) is 0 Å². The van der Waals surface area contributed by atoms with Crippen molar-refractivity contribution in [3.8, 4) is 11.1 Å². The summed E-state index contributed by atoms with van der Waals surface area (Å²) in [7, 11) is 0. The summed E-state index contributed by atoms with van der Waals surface area (Å²) in [5.74, 6) is 1.05. The van der Waals surface area contributed by atoms with Crippen molar-refractivity contribution in [2.75, 3.05) is 6.54 Å². The van der Waals surface area contributed by atoms with Crippen LogP contribution in [0.15, 0.2) is 60.7 Å². The fraction of sp³-hybridized carbons (Fsp3) is 0.259. The van der Waals surface area contributed by atoms with Crippen molar-refractivity contribution in [2.24, 2.45) is 0 Å². The largest absolute Gasteiger partial charge is 0.342 e. The number of aromatic amines is 1. The lowest BCUT2D eigenvalue weighted by Gasteiger charge is -2.21. The van der Waals surface area contributed by atoms with E-state index in [0.29, 0.717) is 6.54 Å². The molecule has 3 aromatic carbocycles. The number of aryl methyl sites for hydroxylation is 3. The van der Waals surface area contributed by atoms with Crippen LogP contribution in [0.3, 0.4) is 0 Å². The first-order chi connectivity index (χ1) is 15.1. The predicted molar refractivity (Wildman–Crippen MR) is 125 cm³/mol. The van der Waals surface area contributed by atoms with Crippen molar-refractivity contribution >= 4 is 16.9 Å². The molecular formula is C27H27N3O. The van der Waals surface area contributed by atoms with Gasteiger partial charge in [-0.2, -0.15) is 0 Å². The van der Waals surface area contributed by atoms with Gasteiger partial charge in [0.05, 0.1) is 11.0 Å². The molecule has 1 N–H and O–H groups in total. The van der Waals surface area contributed by atoms with Gasteiger partial charge < -0.3 is 9.88 Å². The first-order valence-electron chi connectivity index (χ1n) is 11.1. The van der Waals surface area contributed by atoms with Gasteiger partial charge in [0.25, 0.3) is 5.91 Å². The van der Waals surface area contributed by atoms with E-state index < -0.39 is 0 Å². The monoisotopic (exact) mass is 409 g/mol. The van der Waals surface area contributed by atoms with E-state index in [1.807, 2.05) is 24.0 Å². The zero-order valence-corrected chi connectivity index (χ0v) is 18.1. The number of hydrogen-bond acceptors (Lipinski definition) is 2. The molecule has 31 heavy (non-hydrogen) atoms. The first kappa shape index (κ1) is 19.6. The highest BCUT2D eigenvalue weighted by molar-refractivity contribution is 5.94. The van der Waals surface area contributed by atoms with Gasteiger partial charge in [-0.3, -0.25) is 4.79 Å². The number of hydrogen-bond donors (Lipinski definition) is 1. The highest BCUT2D eigenvalue weighted by atomic mass is 16.2. The molecule has 0 saturated heterocycles. The normalized spacial score (nSPS) is 13.8. The maximum Gasteiger partial charge on any atom is 0.254 e. The molecule has 2 heterocycles. The van der Waals surface area contributed by atoms with Crippen LogP contribution >= 0.6 is 0 Å². The van der Waals surface area contributed by atoms with Crippen LogP contribution in [0, 0.1) is 6.92 Å². The quantitative estimate of drug-likeness (QED) is 0.473. The zero-order valence-electron chi connectivity index (χ0n) is 18.1. The molecule has 0 saturated carbocycles. The van der Waals surface area contributed by atoms with E-state index in [0.717, 1.165) is 53.8 Å². The molecule has 1 aliphatic rings. The Balaban J connectivity index is 1.44. The number of H-pyrrole nitrogens is 1. The molecule has 156 valence electrons. The third kappa shape index (κ3) is 3.86. The number of nitrogens with zero attached hydrogens (tertiary/aromatic N) is 2. The van der Waals surface area contributed by atoms with Gasteiger partial charge in [-0.05, 0) is 84.3 Å². The molecule has 0 aliphatic carbocycles. The predicted octanol–water partition coefficient (Wildman–Crippen LogP) is 5.69. The molecule has 0 spiro atoms. The van der Waals surface area contributed by atoms with Crippen LogP contribution in [0.2, 0.25) is 0 Å². The fourth-order valence-electron chi connectivity index (χ4n) is 4.50. The van der Waals surface area contributed by atoms with Crippen LogP contribution in [-0.2, 0) is 19.4 Å². The Morgan fingerprint density at radius 3 is 2.58 bits per heavy atom. The Morgan fingerprint density at radius 2 is 1.77 bits per heavy atom. The minimum Gasteiger partial charge on any atom is -0.342 e. The minimum absolute atomic E-state index is 0.121. The molecule has 1 amide bonds. The van der Waals surface area contributed by atoms with E-state index in [1.54, 1.807) is 0 Å². The topological polar surface area (TPSA) is 49.0 Å². The maximum absolute atomic E-state index is 13.2. The molecular weight excluding hydrogens is 382 g/mol. The van der Waals surface area contributed by atoms with Crippen LogP contribution in [0.1, 0.15) is 46.2 Å². The summed E-state index contributed by atoms with van der Waals surface area (Å²) in [4.78, 5) is 23.0. The number of nitrogens with one attached hydrogen (secondary N) is 1. The highest BCUT2D eigenvalue weighted by Gasteiger charge is 2.21. The third-order valence-electron chi connectivity index (χ3n) is 6.27. The second kappa shape index (κ2) is 8.03. The molecule has 0 bridgehead atoms. The van der Waals surface area contributed by atoms with E-state index in [-0.39, 0.29) is 5.91 Å². The van der Waals surface area contributed by atoms with Gasteiger partial charge in [-0.1, -0.05) is 37.3 Å². The summed E-state index contributed by atoms with van der Waals surface area (Å²) in [5.41, 5.74) is 9.00. The smallest absolute Gasteiger partial charge is 0.254 e. The van der Waals surface area contributed by atoms with Gasteiger partial charge in [0.1, 0.15) is 5.82 Å². The molecule has 4 nitrogen and oxygen atoms in total. The molecule has 0 fully saturated rings. The van der Waals surface area contributed by atoms with Crippen LogP contribution in [0.25, 0.3) is 22.2 Å². The lowest BCUT2D eigenvalue weighted by atomic mass is 9.97. The van der Waals surface area contributed by atoms with E-state index >= 15 is 0 Å². The average Bonchev–Trinajstić information content (AvgIpc) is 3.04. The molecule has 0 atom stereocenters. The number of benzene rings is 3. The number of amides is 1. The van der Waals surface area contributed by atoms with Crippen LogP contribution in [0.4, 0.5) is 0 Å². The summed E-state index contributed by atoms with van der Waals surface area (Å²) in [6.07, 6.45) is 2.98. The Hall–Kier alpha value is -3.40. The highest BCUT2D eigenvalue weighted by Crippen LogP contribution is 2.28. The SMILES string of the molecule is CCc1ccc(C(=O)N2CCCc3ccc(-c4ccc5nc(C)[nH]c5c4)cc3C2)cc1. The van der Waals surface area contributed by atoms with Gasteiger partial charge in [-0.25, -0.2) is 4.98 Å². The number of imidazole rings is 1. The van der Waals surface area contributed by atoms with E-state index in [2.05, 4.69) is 65.4 Å². The Labute approximate surface area is 182 Å². The van der Waals surface area contributed by atoms with Gasteiger partial charge in [0.15, 0.2) is 0 Å². The van der Waals surface area contributed by atoms with Crippen molar-refractivity contribution in [2.45, 2.75) is 39.7 Å². The van der Waals surface area contributed by atoms with Crippen molar-refractivity contribution in [1.29, 1.82) is 0 Å². The van der Waals surface area contributed by atoms with Crippen LogP contribution < -0.4 is 0 Å². The zero-order chi connectivity index (χ0) is 21.4. The van der Waals surface area contributed by atoms with Gasteiger partial charge >= 0.3 is 0 Å².